The highest BCUT2D eigenvalue weighted by atomic mass is 16.3. The molecule has 0 bridgehead atoms. The number of nitrogens with zero attached hydrogens (tertiary/aromatic N) is 1. The number of aliphatic hydroxyl groups is 1. The zero-order valence-corrected chi connectivity index (χ0v) is 10.7. The normalized spacial score (nSPS) is 30.8. The lowest BCUT2D eigenvalue weighted by Gasteiger charge is -2.37. The fraction of sp³-hybridized carbons (Fsp3) is 1.00. The molecule has 1 aliphatic carbocycles. The molecule has 94 valence electrons. The predicted octanol–water partition coefficient (Wildman–Crippen LogP) is 2.80. The summed E-state index contributed by atoms with van der Waals surface area (Å²) in [6, 6.07) is 0.741. The smallest absolute Gasteiger partial charge is 0.0695 e. The Morgan fingerprint density at radius 2 is 1.81 bits per heavy atom. The third-order valence-electron chi connectivity index (χ3n) is 4.59. The van der Waals surface area contributed by atoms with Gasteiger partial charge in [-0.1, -0.05) is 26.2 Å². The zero-order chi connectivity index (χ0) is 11.4. The second-order valence-electron chi connectivity index (χ2n) is 5.66. The van der Waals surface area contributed by atoms with Crippen LogP contribution in [0.3, 0.4) is 0 Å². The Morgan fingerprint density at radius 3 is 2.50 bits per heavy atom. The number of likely N-dealkylation sites (tertiary alicyclic amines) is 1. The van der Waals surface area contributed by atoms with Gasteiger partial charge < -0.3 is 5.11 Å². The maximum absolute atomic E-state index is 10.3. The Morgan fingerprint density at radius 1 is 1.12 bits per heavy atom. The summed E-state index contributed by atoms with van der Waals surface area (Å²) in [5.74, 6) is 0.597. The van der Waals surface area contributed by atoms with Gasteiger partial charge in [-0.3, -0.25) is 4.90 Å². The molecule has 0 radical (unpaired) electrons. The van der Waals surface area contributed by atoms with Crippen molar-refractivity contribution in [3.05, 3.63) is 0 Å². The molecule has 1 N–H and O–H groups in total. The molecule has 2 heteroatoms. The van der Waals surface area contributed by atoms with Crippen LogP contribution < -0.4 is 0 Å². The summed E-state index contributed by atoms with van der Waals surface area (Å²) < 4.78 is 0. The summed E-state index contributed by atoms with van der Waals surface area (Å²) in [6.07, 6.45) is 10.4. The van der Waals surface area contributed by atoms with Crippen molar-refractivity contribution in [2.24, 2.45) is 5.92 Å². The van der Waals surface area contributed by atoms with E-state index in [1.54, 1.807) is 0 Å². The van der Waals surface area contributed by atoms with Gasteiger partial charge in [0, 0.05) is 12.6 Å². The van der Waals surface area contributed by atoms with Gasteiger partial charge in [0.15, 0.2) is 0 Å². The third-order valence-corrected chi connectivity index (χ3v) is 4.59. The number of β-amino-alcohol motifs (C(OH)–C–C–N with tert-alkyl or cyclic N) is 1. The Kier molecular flexibility index (Phi) is 4.66. The Balaban J connectivity index is 1.81. The second kappa shape index (κ2) is 6.02. The minimum Gasteiger partial charge on any atom is -0.392 e. The van der Waals surface area contributed by atoms with E-state index < -0.39 is 0 Å². The van der Waals surface area contributed by atoms with Crippen molar-refractivity contribution >= 4 is 0 Å². The highest BCUT2D eigenvalue weighted by molar-refractivity contribution is 4.82. The molecule has 2 atom stereocenters. The van der Waals surface area contributed by atoms with Crippen LogP contribution in [0.25, 0.3) is 0 Å². The Hall–Kier alpha value is -0.0800. The molecule has 0 aromatic rings. The predicted molar refractivity (Wildman–Crippen MR) is 67.5 cm³/mol. The van der Waals surface area contributed by atoms with Gasteiger partial charge in [-0.25, -0.2) is 0 Å². The number of hydrogen-bond acceptors (Lipinski definition) is 2. The maximum Gasteiger partial charge on any atom is 0.0695 e. The summed E-state index contributed by atoms with van der Waals surface area (Å²) in [6.45, 7) is 4.43. The molecule has 1 aliphatic heterocycles. The molecular weight excluding hydrogens is 198 g/mol. The lowest BCUT2D eigenvalue weighted by atomic mass is 9.96. The first kappa shape index (κ1) is 12.4. The molecule has 2 rings (SSSR count). The number of piperidine rings is 1. The summed E-state index contributed by atoms with van der Waals surface area (Å²) in [5.41, 5.74) is 0. The van der Waals surface area contributed by atoms with Crippen LogP contribution in [0.4, 0.5) is 0 Å². The van der Waals surface area contributed by atoms with Crippen LogP contribution in [0.5, 0.6) is 0 Å². The van der Waals surface area contributed by atoms with Crippen LogP contribution >= 0.6 is 0 Å². The monoisotopic (exact) mass is 225 g/mol. The van der Waals surface area contributed by atoms with Crippen molar-refractivity contribution in [2.45, 2.75) is 70.4 Å². The molecule has 0 amide bonds. The summed E-state index contributed by atoms with van der Waals surface area (Å²) in [5, 5.41) is 10.3. The van der Waals surface area contributed by atoms with Crippen LogP contribution in [-0.2, 0) is 0 Å². The van der Waals surface area contributed by atoms with E-state index in [1.807, 2.05) is 0 Å². The van der Waals surface area contributed by atoms with Gasteiger partial charge in [-0.05, 0) is 44.6 Å². The molecule has 0 aromatic heterocycles. The standard InChI is InChI=1S/C14H27NO/c1-2-13-9-5-6-10-15(13)11-14(16)12-7-3-4-8-12/h12-14,16H,2-11H2,1H3. The van der Waals surface area contributed by atoms with Crippen LogP contribution in [0.1, 0.15) is 58.3 Å². The van der Waals surface area contributed by atoms with Crippen molar-refractivity contribution < 1.29 is 5.11 Å². The Labute approximate surface area is 100 Å². The number of aliphatic hydroxyl groups excluding tert-OH is 1. The van der Waals surface area contributed by atoms with Crippen molar-refractivity contribution in [2.75, 3.05) is 13.1 Å². The highest BCUT2D eigenvalue weighted by Crippen LogP contribution is 2.29. The van der Waals surface area contributed by atoms with Gasteiger partial charge in [0.25, 0.3) is 0 Å². The lowest BCUT2D eigenvalue weighted by Crippen LogP contribution is -2.44. The second-order valence-corrected chi connectivity index (χ2v) is 5.66. The Bertz CT molecular complexity index is 201. The van der Waals surface area contributed by atoms with Crippen molar-refractivity contribution in [1.29, 1.82) is 0 Å². The summed E-state index contributed by atoms with van der Waals surface area (Å²) in [7, 11) is 0. The summed E-state index contributed by atoms with van der Waals surface area (Å²) >= 11 is 0. The SMILES string of the molecule is CCC1CCCCN1CC(O)C1CCCC1. The molecule has 0 aromatic carbocycles. The number of rotatable bonds is 4. The van der Waals surface area contributed by atoms with Crippen molar-refractivity contribution in [3.63, 3.8) is 0 Å². The minimum absolute atomic E-state index is 0.0605. The third kappa shape index (κ3) is 2.98. The van der Waals surface area contributed by atoms with E-state index in [9.17, 15) is 5.11 Å². The first-order chi connectivity index (χ1) is 7.81. The quantitative estimate of drug-likeness (QED) is 0.795. The van der Waals surface area contributed by atoms with Gasteiger partial charge in [0.1, 0.15) is 0 Å². The molecule has 16 heavy (non-hydrogen) atoms. The molecule has 0 spiro atoms. The molecule has 2 aliphatic rings. The average molecular weight is 225 g/mol. The lowest BCUT2D eigenvalue weighted by molar-refractivity contribution is 0.0345. The van der Waals surface area contributed by atoms with E-state index in [1.165, 1.54) is 57.9 Å². The van der Waals surface area contributed by atoms with Crippen LogP contribution in [-0.4, -0.2) is 35.2 Å². The van der Waals surface area contributed by atoms with Crippen molar-refractivity contribution in [3.8, 4) is 0 Å². The van der Waals surface area contributed by atoms with E-state index >= 15 is 0 Å². The van der Waals surface area contributed by atoms with E-state index in [4.69, 9.17) is 0 Å². The van der Waals surface area contributed by atoms with Gasteiger partial charge in [0.2, 0.25) is 0 Å². The van der Waals surface area contributed by atoms with Crippen LogP contribution in [0.15, 0.2) is 0 Å². The molecule has 1 saturated heterocycles. The fourth-order valence-corrected chi connectivity index (χ4v) is 3.49. The first-order valence-corrected chi connectivity index (χ1v) is 7.23. The maximum atomic E-state index is 10.3. The van der Waals surface area contributed by atoms with Gasteiger partial charge in [0.05, 0.1) is 6.10 Å². The molecule has 1 saturated carbocycles. The van der Waals surface area contributed by atoms with Gasteiger partial charge >= 0.3 is 0 Å². The topological polar surface area (TPSA) is 23.5 Å². The zero-order valence-electron chi connectivity index (χ0n) is 10.7. The summed E-state index contributed by atoms with van der Waals surface area (Å²) in [4.78, 5) is 2.55. The molecule has 2 unspecified atom stereocenters. The van der Waals surface area contributed by atoms with E-state index in [0.717, 1.165) is 12.6 Å². The molecule has 2 fully saturated rings. The van der Waals surface area contributed by atoms with E-state index in [0.29, 0.717) is 5.92 Å². The average Bonchev–Trinajstić information content (AvgIpc) is 2.83. The highest BCUT2D eigenvalue weighted by Gasteiger charge is 2.28. The van der Waals surface area contributed by atoms with Gasteiger partial charge in [-0.15, -0.1) is 0 Å². The van der Waals surface area contributed by atoms with Crippen LogP contribution in [0, 0.1) is 5.92 Å². The van der Waals surface area contributed by atoms with Crippen molar-refractivity contribution in [1.82, 2.24) is 4.90 Å². The fourth-order valence-electron chi connectivity index (χ4n) is 3.49. The minimum atomic E-state index is -0.0605. The first-order valence-electron chi connectivity index (χ1n) is 7.23. The molecule has 2 nitrogen and oxygen atoms in total. The van der Waals surface area contributed by atoms with E-state index in [2.05, 4.69) is 11.8 Å². The van der Waals surface area contributed by atoms with Gasteiger partial charge in [-0.2, -0.15) is 0 Å². The van der Waals surface area contributed by atoms with E-state index in [-0.39, 0.29) is 6.10 Å². The number of hydrogen-bond donors (Lipinski definition) is 1. The largest absolute Gasteiger partial charge is 0.392 e. The van der Waals surface area contributed by atoms with Crippen LogP contribution in [0.2, 0.25) is 0 Å². The molecule has 1 heterocycles. The molecular formula is C14H27NO.